The second kappa shape index (κ2) is 17.0. The van der Waals surface area contributed by atoms with Gasteiger partial charge in [0.25, 0.3) is 11.8 Å². The van der Waals surface area contributed by atoms with E-state index in [0.29, 0.717) is 12.2 Å². The molecule has 6 N–H and O–H groups in total. The van der Waals surface area contributed by atoms with Crippen LogP contribution in [-0.2, 0) is 36.8 Å². The molecular formula is C35H41N7O8S. The van der Waals surface area contributed by atoms with Gasteiger partial charge in [0.05, 0.1) is 11.6 Å². The van der Waals surface area contributed by atoms with Crippen LogP contribution in [0.1, 0.15) is 41.9 Å². The number of hydrogen-bond acceptors (Lipinski definition) is 10. The summed E-state index contributed by atoms with van der Waals surface area (Å²) in [5, 5.41) is 25.5. The fourth-order valence-electron chi connectivity index (χ4n) is 5.91. The summed E-state index contributed by atoms with van der Waals surface area (Å²) in [6.45, 7) is 2.57. The van der Waals surface area contributed by atoms with Crippen molar-refractivity contribution in [2.24, 2.45) is 0 Å². The van der Waals surface area contributed by atoms with Crippen molar-refractivity contribution in [1.29, 1.82) is 0 Å². The number of aliphatic hydroxyl groups is 1. The van der Waals surface area contributed by atoms with Crippen molar-refractivity contribution < 1.29 is 38.6 Å². The van der Waals surface area contributed by atoms with Gasteiger partial charge in [0.2, 0.25) is 23.6 Å². The van der Waals surface area contributed by atoms with Crippen LogP contribution < -0.4 is 31.3 Å². The molecule has 1 saturated heterocycles. The lowest BCUT2D eigenvalue weighted by Crippen LogP contribution is -2.60. The zero-order chi connectivity index (χ0) is 36.5. The summed E-state index contributed by atoms with van der Waals surface area (Å²) in [7, 11) is 0. The molecule has 1 aromatic heterocycles. The van der Waals surface area contributed by atoms with Gasteiger partial charge in [0.15, 0.2) is 6.61 Å². The number of aromatic nitrogens is 1. The topological polar surface area (TPSA) is 208 Å². The van der Waals surface area contributed by atoms with Gasteiger partial charge in [-0.3, -0.25) is 28.8 Å². The minimum Gasteiger partial charge on any atom is -0.484 e. The molecule has 16 heteroatoms. The molecule has 6 atom stereocenters. The first-order valence-electron chi connectivity index (χ1n) is 16.6. The van der Waals surface area contributed by atoms with E-state index in [9.17, 15) is 33.9 Å². The lowest BCUT2D eigenvalue weighted by atomic mass is 10.0. The molecule has 0 unspecified atom stereocenters. The smallest absolute Gasteiger partial charge is 0.271 e. The summed E-state index contributed by atoms with van der Waals surface area (Å²) in [4.78, 5) is 85.8. The third kappa shape index (κ3) is 9.88. The van der Waals surface area contributed by atoms with E-state index in [1.807, 2.05) is 6.07 Å². The second-order valence-electron chi connectivity index (χ2n) is 12.5. The number of nitrogens with zero attached hydrogens (tertiary/aromatic N) is 2. The average molecular weight is 720 g/mol. The number of fused-ring (bicyclic) bond motifs is 16. The Balaban J connectivity index is 1.45. The Morgan fingerprint density at radius 2 is 1.76 bits per heavy atom. The molecule has 0 aliphatic carbocycles. The number of aliphatic hydroxyl groups excluding tert-OH is 1. The highest BCUT2D eigenvalue weighted by atomic mass is 32.1. The highest BCUT2D eigenvalue weighted by molar-refractivity contribution is 7.07. The van der Waals surface area contributed by atoms with Gasteiger partial charge < -0.3 is 41.3 Å². The van der Waals surface area contributed by atoms with Gasteiger partial charge in [-0.05, 0) is 49.9 Å². The van der Waals surface area contributed by atoms with Crippen LogP contribution in [0.25, 0.3) is 0 Å². The lowest BCUT2D eigenvalue weighted by molar-refractivity contribution is -0.143. The van der Waals surface area contributed by atoms with Gasteiger partial charge in [0, 0.05) is 30.9 Å². The van der Waals surface area contributed by atoms with Crippen LogP contribution in [0, 0.1) is 0 Å². The number of carbonyl (C=O) groups is 6. The number of benzene rings is 2. The first kappa shape index (κ1) is 36.9. The lowest BCUT2D eigenvalue weighted by Gasteiger charge is -2.30. The summed E-state index contributed by atoms with van der Waals surface area (Å²) >= 11 is 1.24. The molecule has 6 rings (SSSR count). The molecule has 3 aliphatic rings. The van der Waals surface area contributed by atoms with Crippen molar-refractivity contribution in [2.75, 3.05) is 19.7 Å². The van der Waals surface area contributed by atoms with Crippen LogP contribution in [0.5, 0.6) is 5.75 Å². The van der Waals surface area contributed by atoms with Gasteiger partial charge in [-0.2, -0.15) is 0 Å². The van der Waals surface area contributed by atoms with Crippen molar-refractivity contribution in [3.8, 4) is 5.75 Å². The molecule has 6 amide bonds. The quantitative estimate of drug-likeness (QED) is 0.191. The fourth-order valence-corrected chi connectivity index (χ4v) is 6.44. The number of rotatable bonds is 5. The minimum absolute atomic E-state index is 0.0362. The van der Waals surface area contributed by atoms with Crippen LogP contribution in [0.2, 0.25) is 0 Å². The number of ether oxygens (including phenoxy) is 1. The summed E-state index contributed by atoms with van der Waals surface area (Å²) in [5.74, 6) is -3.30. The van der Waals surface area contributed by atoms with E-state index in [4.69, 9.17) is 4.74 Å². The van der Waals surface area contributed by atoms with Gasteiger partial charge >= 0.3 is 0 Å². The first-order chi connectivity index (χ1) is 24.5. The minimum atomic E-state index is -1.48. The van der Waals surface area contributed by atoms with E-state index in [1.54, 1.807) is 53.9 Å². The molecule has 0 radical (unpaired) electrons. The Morgan fingerprint density at radius 3 is 2.45 bits per heavy atom. The van der Waals surface area contributed by atoms with Gasteiger partial charge in [-0.25, -0.2) is 4.98 Å². The highest BCUT2D eigenvalue weighted by Crippen LogP contribution is 2.22. The SMILES string of the molecule is C[C@@H]1NC(=O)[C@H]([C@@H](C)O)NC(=O)[C@@H]2C[C@H](NC(=O)c3cscn3)CN2C(=O)[C@H](Cc2ccccc2)NC(=O)COc2ccc(cc2)CCNC1=O. The number of nitrogens with one attached hydrogen (secondary N) is 5. The monoisotopic (exact) mass is 719 g/mol. The number of hydrogen-bond donors (Lipinski definition) is 6. The molecule has 1 fully saturated rings. The summed E-state index contributed by atoms with van der Waals surface area (Å²) in [5.41, 5.74) is 3.31. The molecule has 0 saturated carbocycles. The zero-order valence-electron chi connectivity index (χ0n) is 28.2. The number of carbonyl (C=O) groups excluding carboxylic acids is 6. The molecule has 4 heterocycles. The molecular weight excluding hydrogens is 678 g/mol. The van der Waals surface area contributed by atoms with E-state index in [-0.39, 0.29) is 31.6 Å². The Hall–Kier alpha value is -5.35. The van der Waals surface area contributed by atoms with Crippen molar-refractivity contribution in [3.63, 3.8) is 0 Å². The van der Waals surface area contributed by atoms with Crippen molar-refractivity contribution in [1.82, 2.24) is 36.5 Å². The number of thiazole rings is 1. The third-order valence-electron chi connectivity index (χ3n) is 8.62. The van der Waals surface area contributed by atoms with Crippen LogP contribution in [0.3, 0.4) is 0 Å². The Bertz CT molecular complexity index is 1700. The van der Waals surface area contributed by atoms with E-state index in [0.717, 1.165) is 11.1 Å². The Kier molecular flexibility index (Phi) is 12.3. The predicted octanol–water partition coefficient (Wildman–Crippen LogP) is -0.308. The van der Waals surface area contributed by atoms with Crippen LogP contribution >= 0.6 is 11.3 Å². The van der Waals surface area contributed by atoms with E-state index in [1.165, 1.54) is 35.6 Å². The molecule has 15 nitrogen and oxygen atoms in total. The number of amides is 6. The van der Waals surface area contributed by atoms with Crippen molar-refractivity contribution in [3.05, 3.63) is 82.3 Å². The summed E-state index contributed by atoms with van der Waals surface area (Å²) in [6, 6.07) is 10.5. The van der Waals surface area contributed by atoms with E-state index < -0.39 is 78.4 Å². The van der Waals surface area contributed by atoms with Crippen LogP contribution in [0.4, 0.5) is 0 Å². The fraction of sp³-hybridized carbons (Fsp3) is 0.400. The zero-order valence-corrected chi connectivity index (χ0v) is 29.0. The van der Waals surface area contributed by atoms with Crippen LogP contribution in [0.15, 0.2) is 65.5 Å². The third-order valence-corrected chi connectivity index (χ3v) is 9.21. The van der Waals surface area contributed by atoms with E-state index >= 15 is 0 Å². The highest BCUT2D eigenvalue weighted by Gasteiger charge is 2.44. The maximum Gasteiger partial charge on any atom is 0.271 e. The normalized spacial score (nSPS) is 24.4. The molecule has 3 aliphatic heterocycles. The van der Waals surface area contributed by atoms with Crippen molar-refractivity contribution >= 4 is 46.8 Å². The maximum absolute atomic E-state index is 14.4. The molecule has 2 aromatic carbocycles. The van der Waals surface area contributed by atoms with Crippen molar-refractivity contribution in [2.45, 2.75) is 69.4 Å². The molecule has 0 spiro atoms. The standard InChI is InChI=1S/C35H41N7O8S/c1-20-31(45)36-13-12-22-8-10-25(11-9-22)50-17-29(44)40-26(14-23-6-4-3-5-7-23)35(49)42-16-24(39-32(46)27-18-51-19-37-27)15-28(42)33(47)41-30(21(2)43)34(48)38-20/h3-11,18-21,24,26,28,30,43H,12-17H2,1-2H3,(H,36,45)(H,38,48)(H,39,46)(H,40,44)(H,41,47)/t20-,21+,24-,26-,28-,30-/m0/s1. The van der Waals surface area contributed by atoms with Gasteiger partial charge in [-0.1, -0.05) is 42.5 Å². The molecule has 3 aromatic rings. The Labute approximate surface area is 298 Å². The summed E-state index contributed by atoms with van der Waals surface area (Å²) < 4.78 is 5.71. The van der Waals surface area contributed by atoms with E-state index in [2.05, 4.69) is 31.6 Å². The average Bonchev–Trinajstić information content (AvgIpc) is 3.81. The predicted molar refractivity (Wildman–Crippen MR) is 185 cm³/mol. The largest absolute Gasteiger partial charge is 0.484 e. The maximum atomic E-state index is 14.4. The van der Waals surface area contributed by atoms with Gasteiger partial charge in [0.1, 0.15) is 35.6 Å². The second-order valence-corrected chi connectivity index (χ2v) is 13.2. The van der Waals surface area contributed by atoms with Gasteiger partial charge in [-0.15, -0.1) is 11.3 Å². The molecule has 2 bridgehead atoms. The molecule has 51 heavy (non-hydrogen) atoms. The summed E-state index contributed by atoms with van der Waals surface area (Å²) in [6.07, 6.45) is -0.856. The molecule has 270 valence electrons. The van der Waals surface area contributed by atoms with Crippen LogP contribution in [-0.4, -0.2) is 106 Å². The first-order valence-corrected chi connectivity index (χ1v) is 17.5. The Morgan fingerprint density at radius 1 is 1.02 bits per heavy atom.